The van der Waals surface area contributed by atoms with Gasteiger partial charge in [0.15, 0.2) is 10.9 Å². The van der Waals surface area contributed by atoms with E-state index in [4.69, 9.17) is 4.74 Å². The summed E-state index contributed by atoms with van der Waals surface area (Å²) in [6.07, 6.45) is 2.58. The number of rotatable bonds is 8. The van der Waals surface area contributed by atoms with Crippen molar-refractivity contribution < 1.29 is 9.53 Å². The number of thioether (sulfide) groups is 1. The number of carbonyl (C=O) groups excluding carboxylic acids is 1. The fourth-order valence-corrected chi connectivity index (χ4v) is 4.35. The number of hydrogen-bond acceptors (Lipinski definition) is 6. The average Bonchev–Trinajstić information content (AvgIpc) is 3.30. The van der Waals surface area contributed by atoms with E-state index in [0.29, 0.717) is 28.3 Å². The second-order valence-corrected chi connectivity index (χ2v) is 7.91. The molecule has 0 unspecified atom stereocenters. The van der Waals surface area contributed by atoms with Gasteiger partial charge in [-0.1, -0.05) is 23.9 Å². The first-order chi connectivity index (χ1) is 14.2. The van der Waals surface area contributed by atoms with E-state index in [1.807, 2.05) is 24.3 Å². The van der Waals surface area contributed by atoms with Gasteiger partial charge in [0.1, 0.15) is 0 Å². The Labute approximate surface area is 173 Å². The second-order valence-electron chi connectivity index (χ2n) is 6.97. The predicted octanol–water partition coefficient (Wildman–Crippen LogP) is 2.42. The molecule has 3 aromatic rings. The van der Waals surface area contributed by atoms with Crippen molar-refractivity contribution in [1.82, 2.24) is 19.4 Å². The Balaban J connectivity index is 1.53. The number of para-hydroxylation sites is 1. The van der Waals surface area contributed by atoms with Crippen molar-refractivity contribution in [2.75, 3.05) is 38.6 Å². The molecule has 0 aliphatic carbocycles. The van der Waals surface area contributed by atoms with Gasteiger partial charge in [-0.15, -0.1) is 0 Å². The quantitative estimate of drug-likeness (QED) is 0.348. The number of Topliss-reactive ketones (excluding diaryl/α,β-unsaturated/α-hetero) is 1. The third-order valence-electron chi connectivity index (χ3n) is 5.02. The van der Waals surface area contributed by atoms with Crippen LogP contribution in [0.5, 0.6) is 0 Å². The first kappa shape index (κ1) is 19.9. The summed E-state index contributed by atoms with van der Waals surface area (Å²) in [6, 6.07) is 10.9. The molecule has 0 bridgehead atoms. The number of nitrogens with one attached hydrogen (secondary N) is 1. The van der Waals surface area contributed by atoms with Gasteiger partial charge in [-0.3, -0.25) is 19.1 Å². The molecule has 1 fully saturated rings. The number of hydrogen-bond donors (Lipinski definition) is 1. The van der Waals surface area contributed by atoms with E-state index < -0.39 is 0 Å². The third kappa shape index (κ3) is 4.77. The highest BCUT2D eigenvalue weighted by molar-refractivity contribution is 7.99. The number of morpholine rings is 1. The van der Waals surface area contributed by atoms with Crippen molar-refractivity contribution in [3.63, 3.8) is 0 Å². The maximum atomic E-state index is 13.1. The number of benzene rings is 1. The Morgan fingerprint density at radius 1 is 1.14 bits per heavy atom. The molecule has 4 rings (SSSR count). The highest BCUT2D eigenvalue weighted by Gasteiger charge is 2.15. The number of aromatic amines is 1. The number of carbonyl (C=O) groups is 1. The second kappa shape index (κ2) is 9.39. The fraction of sp³-hybridized carbons (Fsp3) is 0.381. The topological polar surface area (TPSA) is 80.2 Å². The zero-order valence-electron chi connectivity index (χ0n) is 16.2. The maximum Gasteiger partial charge on any atom is 0.262 e. The van der Waals surface area contributed by atoms with Gasteiger partial charge >= 0.3 is 0 Å². The Hall–Kier alpha value is -2.42. The van der Waals surface area contributed by atoms with Crippen LogP contribution < -0.4 is 5.56 Å². The zero-order chi connectivity index (χ0) is 20.1. The highest BCUT2D eigenvalue weighted by Crippen LogP contribution is 2.19. The van der Waals surface area contributed by atoms with Gasteiger partial charge in [-0.2, -0.15) is 0 Å². The van der Waals surface area contributed by atoms with E-state index in [1.165, 1.54) is 11.8 Å². The van der Waals surface area contributed by atoms with Gasteiger partial charge in [0, 0.05) is 32.4 Å². The van der Waals surface area contributed by atoms with Crippen LogP contribution in [0.25, 0.3) is 10.9 Å². The lowest BCUT2D eigenvalue weighted by molar-refractivity contribution is 0.0368. The van der Waals surface area contributed by atoms with E-state index in [9.17, 15) is 9.59 Å². The van der Waals surface area contributed by atoms with Crippen LogP contribution in [0.4, 0.5) is 0 Å². The van der Waals surface area contributed by atoms with Gasteiger partial charge in [-0.05, 0) is 30.7 Å². The van der Waals surface area contributed by atoms with Crippen LogP contribution >= 0.6 is 11.8 Å². The molecule has 152 valence electrons. The zero-order valence-corrected chi connectivity index (χ0v) is 17.0. The Morgan fingerprint density at radius 3 is 2.76 bits per heavy atom. The lowest BCUT2D eigenvalue weighted by Gasteiger charge is -2.26. The van der Waals surface area contributed by atoms with Crippen molar-refractivity contribution >= 4 is 28.4 Å². The van der Waals surface area contributed by atoms with Crippen molar-refractivity contribution in [2.24, 2.45) is 0 Å². The first-order valence-electron chi connectivity index (χ1n) is 9.81. The smallest absolute Gasteiger partial charge is 0.262 e. The lowest BCUT2D eigenvalue weighted by Crippen LogP contribution is -2.37. The monoisotopic (exact) mass is 412 g/mol. The molecule has 2 aromatic heterocycles. The van der Waals surface area contributed by atoms with Crippen LogP contribution in [0, 0.1) is 0 Å². The van der Waals surface area contributed by atoms with E-state index in [1.54, 1.807) is 22.9 Å². The Morgan fingerprint density at radius 2 is 1.97 bits per heavy atom. The van der Waals surface area contributed by atoms with Crippen molar-refractivity contribution in [3.8, 4) is 0 Å². The molecule has 0 atom stereocenters. The molecule has 1 aromatic carbocycles. The summed E-state index contributed by atoms with van der Waals surface area (Å²) in [4.78, 5) is 35.4. The molecule has 1 aliphatic heterocycles. The van der Waals surface area contributed by atoms with Crippen LogP contribution in [-0.4, -0.2) is 63.8 Å². The molecule has 29 heavy (non-hydrogen) atoms. The summed E-state index contributed by atoms with van der Waals surface area (Å²) in [5, 5.41) is 1.20. The fourth-order valence-electron chi connectivity index (χ4n) is 3.44. The molecule has 1 N–H and O–H groups in total. The summed E-state index contributed by atoms with van der Waals surface area (Å²) in [6.45, 7) is 4.87. The number of ether oxygens (including phenoxy) is 1. The Bertz CT molecular complexity index is 1030. The minimum atomic E-state index is -0.0487. The molecule has 0 saturated carbocycles. The molecular weight excluding hydrogens is 388 g/mol. The summed E-state index contributed by atoms with van der Waals surface area (Å²) in [5.74, 6) is 0.219. The summed E-state index contributed by atoms with van der Waals surface area (Å²) in [7, 11) is 0. The molecular formula is C21H24N4O3S. The summed E-state index contributed by atoms with van der Waals surface area (Å²) < 4.78 is 7.11. The minimum absolute atomic E-state index is 0.0118. The molecule has 1 aliphatic rings. The standard InChI is InChI=1S/C21H24N4O3S/c26-19(18-7-3-8-22-18)15-29-21-23-17-6-2-1-5-16(17)20(27)25(21)10-4-9-24-11-13-28-14-12-24/h1-3,5-8,22H,4,9-15H2. The largest absolute Gasteiger partial charge is 0.379 e. The highest BCUT2D eigenvalue weighted by atomic mass is 32.2. The van der Waals surface area contributed by atoms with Gasteiger partial charge in [0.05, 0.1) is 35.6 Å². The number of ketones is 1. The molecule has 8 heteroatoms. The number of fused-ring (bicyclic) bond motifs is 1. The average molecular weight is 413 g/mol. The van der Waals surface area contributed by atoms with Crippen molar-refractivity contribution in [3.05, 3.63) is 58.6 Å². The van der Waals surface area contributed by atoms with Crippen molar-refractivity contribution in [1.29, 1.82) is 0 Å². The Kier molecular flexibility index (Phi) is 6.43. The number of aromatic nitrogens is 3. The number of H-pyrrole nitrogens is 1. The molecule has 7 nitrogen and oxygen atoms in total. The molecule has 0 spiro atoms. The van der Waals surface area contributed by atoms with Crippen LogP contribution in [0.2, 0.25) is 0 Å². The minimum Gasteiger partial charge on any atom is -0.379 e. The van der Waals surface area contributed by atoms with E-state index in [0.717, 1.165) is 39.3 Å². The van der Waals surface area contributed by atoms with Gasteiger partial charge in [0.2, 0.25) is 0 Å². The van der Waals surface area contributed by atoms with Gasteiger partial charge < -0.3 is 9.72 Å². The van der Waals surface area contributed by atoms with Crippen LogP contribution in [0.3, 0.4) is 0 Å². The lowest BCUT2D eigenvalue weighted by atomic mass is 10.2. The normalized spacial score (nSPS) is 15.0. The molecule has 0 amide bonds. The number of nitrogens with zero attached hydrogens (tertiary/aromatic N) is 3. The van der Waals surface area contributed by atoms with Gasteiger partial charge in [-0.25, -0.2) is 4.98 Å². The van der Waals surface area contributed by atoms with Crippen LogP contribution in [-0.2, 0) is 11.3 Å². The summed E-state index contributed by atoms with van der Waals surface area (Å²) in [5.41, 5.74) is 1.18. The maximum absolute atomic E-state index is 13.1. The van der Waals surface area contributed by atoms with Crippen molar-refractivity contribution in [2.45, 2.75) is 18.1 Å². The van der Waals surface area contributed by atoms with E-state index >= 15 is 0 Å². The predicted molar refractivity (Wildman–Crippen MR) is 114 cm³/mol. The van der Waals surface area contributed by atoms with E-state index in [2.05, 4.69) is 14.9 Å². The van der Waals surface area contributed by atoms with Gasteiger partial charge in [0.25, 0.3) is 5.56 Å². The summed E-state index contributed by atoms with van der Waals surface area (Å²) >= 11 is 1.32. The van der Waals surface area contributed by atoms with Crippen LogP contribution in [0.1, 0.15) is 16.9 Å². The molecule has 1 saturated heterocycles. The molecule has 3 heterocycles. The molecule has 0 radical (unpaired) electrons. The third-order valence-corrected chi connectivity index (χ3v) is 5.99. The SMILES string of the molecule is O=C(CSc1nc2ccccc2c(=O)n1CCCN1CCOCC1)c1ccc[nH]1. The van der Waals surface area contributed by atoms with E-state index in [-0.39, 0.29) is 17.1 Å². The van der Waals surface area contributed by atoms with Crippen LogP contribution in [0.15, 0.2) is 52.5 Å². The first-order valence-corrected chi connectivity index (χ1v) is 10.8.